The highest BCUT2D eigenvalue weighted by Crippen LogP contribution is 2.45. The summed E-state index contributed by atoms with van der Waals surface area (Å²) >= 11 is 0. The molecule has 0 aliphatic carbocycles. The van der Waals surface area contributed by atoms with E-state index in [4.69, 9.17) is 0 Å². The van der Waals surface area contributed by atoms with Crippen LogP contribution in [0.2, 0.25) is 0 Å². The number of nitrogens with zero attached hydrogens (tertiary/aromatic N) is 2. The van der Waals surface area contributed by atoms with Gasteiger partial charge in [-0.2, -0.15) is 18.3 Å². The zero-order chi connectivity index (χ0) is 24.6. The fourth-order valence-electron chi connectivity index (χ4n) is 4.99. The Morgan fingerprint density at radius 2 is 1.97 bits per heavy atom. The van der Waals surface area contributed by atoms with E-state index in [-0.39, 0.29) is 17.5 Å². The van der Waals surface area contributed by atoms with Crippen LogP contribution < -0.4 is 10.3 Å². The highest BCUT2D eigenvalue weighted by atomic mass is 19.4. The number of alkyl halides is 3. The molecule has 33 heavy (non-hydrogen) atoms. The largest absolute Gasteiger partial charge is 0.416 e. The van der Waals surface area contributed by atoms with Crippen LogP contribution in [0.1, 0.15) is 74.8 Å². The summed E-state index contributed by atoms with van der Waals surface area (Å²) in [6.07, 6.45) is -1.98. The lowest BCUT2D eigenvalue weighted by Gasteiger charge is -2.50. The van der Waals surface area contributed by atoms with Crippen LogP contribution in [0.25, 0.3) is 0 Å². The van der Waals surface area contributed by atoms with Gasteiger partial charge in [-0.05, 0) is 87.4 Å². The zero-order valence-corrected chi connectivity index (χ0v) is 20.0. The summed E-state index contributed by atoms with van der Waals surface area (Å²) in [7, 11) is 0. The maximum atomic E-state index is 12.9. The van der Waals surface area contributed by atoms with Gasteiger partial charge < -0.3 is 4.90 Å². The molecule has 178 valence electrons. The summed E-state index contributed by atoms with van der Waals surface area (Å²) in [5.41, 5.74) is 6.44. The van der Waals surface area contributed by atoms with Crippen LogP contribution in [0, 0.1) is 6.92 Å². The van der Waals surface area contributed by atoms with Gasteiger partial charge in [0.05, 0.1) is 18.2 Å². The van der Waals surface area contributed by atoms with E-state index in [1.807, 2.05) is 6.92 Å². The molecule has 0 saturated heterocycles. The Bertz CT molecular complexity index is 1060. The molecule has 0 aromatic heterocycles. The number of aryl methyl sites for hydroxylation is 1. The molecular formula is C26H32F3N3O. The summed E-state index contributed by atoms with van der Waals surface area (Å²) < 4.78 is 38.6. The number of hydrogen-bond acceptors (Lipinski definition) is 3. The number of anilines is 1. The van der Waals surface area contributed by atoms with Crippen LogP contribution in [0.4, 0.5) is 18.9 Å². The van der Waals surface area contributed by atoms with E-state index >= 15 is 0 Å². The van der Waals surface area contributed by atoms with Gasteiger partial charge in [-0.3, -0.25) is 4.79 Å². The van der Waals surface area contributed by atoms with Gasteiger partial charge in [0.15, 0.2) is 0 Å². The van der Waals surface area contributed by atoms with Gasteiger partial charge >= 0.3 is 6.18 Å². The normalized spacial score (nSPS) is 18.0. The van der Waals surface area contributed by atoms with Crippen molar-refractivity contribution in [3.8, 4) is 0 Å². The minimum absolute atomic E-state index is 0.0556. The lowest BCUT2D eigenvalue weighted by Crippen LogP contribution is -2.51. The lowest BCUT2D eigenvalue weighted by atomic mass is 9.78. The molecule has 1 atom stereocenters. The molecule has 2 aromatic rings. The number of halogens is 3. The molecule has 0 radical (unpaired) electrons. The maximum absolute atomic E-state index is 12.9. The minimum Gasteiger partial charge on any atom is -0.364 e. The van der Waals surface area contributed by atoms with Crippen LogP contribution in [0.3, 0.4) is 0 Å². The van der Waals surface area contributed by atoms with Gasteiger partial charge in [-0.15, -0.1) is 0 Å². The van der Waals surface area contributed by atoms with Crippen LogP contribution >= 0.6 is 0 Å². The molecule has 1 heterocycles. The number of hydrazone groups is 1. The van der Waals surface area contributed by atoms with Gasteiger partial charge in [0.1, 0.15) is 0 Å². The van der Waals surface area contributed by atoms with E-state index in [2.05, 4.69) is 62.2 Å². The number of carbonyl (C=O) groups is 1. The average molecular weight is 460 g/mol. The number of amides is 1. The third kappa shape index (κ3) is 5.57. The van der Waals surface area contributed by atoms with Crippen LogP contribution in [0.5, 0.6) is 0 Å². The minimum atomic E-state index is -4.44. The van der Waals surface area contributed by atoms with Gasteiger partial charge in [0.25, 0.3) is 0 Å². The second-order valence-electron chi connectivity index (χ2n) is 9.82. The molecular weight excluding hydrogens is 427 g/mol. The Kier molecular flexibility index (Phi) is 6.91. The molecule has 7 heteroatoms. The van der Waals surface area contributed by atoms with Crippen molar-refractivity contribution in [1.29, 1.82) is 0 Å². The molecule has 0 bridgehead atoms. The van der Waals surface area contributed by atoms with Gasteiger partial charge in [-0.25, -0.2) is 5.43 Å². The third-order valence-electron chi connectivity index (χ3n) is 6.19. The van der Waals surface area contributed by atoms with Gasteiger partial charge in [0, 0.05) is 17.3 Å². The molecule has 1 aliphatic heterocycles. The van der Waals surface area contributed by atoms with Crippen molar-refractivity contribution in [2.75, 3.05) is 4.90 Å². The fraction of sp³-hybridized carbons (Fsp3) is 0.462. The Hall–Kier alpha value is -2.83. The fourth-order valence-corrected chi connectivity index (χ4v) is 4.99. The molecule has 1 amide bonds. The number of rotatable bonds is 5. The lowest BCUT2D eigenvalue weighted by molar-refractivity contribution is -0.137. The molecule has 1 aliphatic rings. The summed E-state index contributed by atoms with van der Waals surface area (Å²) in [6.45, 7) is 13.2. The van der Waals surface area contributed by atoms with Crippen molar-refractivity contribution in [1.82, 2.24) is 5.43 Å². The van der Waals surface area contributed by atoms with E-state index in [1.165, 1.54) is 23.4 Å². The zero-order valence-electron chi connectivity index (χ0n) is 20.0. The second kappa shape index (κ2) is 9.20. The maximum Gasteiger partial charge on any atom is 0.416 e. The summed E-state index contributed by atoms with van der Waals surface area (Å²) in [4.78, 5) is 14.7. The molecule has 4 nitrogen and oxygen atoms in total. The predicted molar refractivity (Wildman–Crippen MR) is 127 cm³/mol. The number of benzene rings is 2. The number of hydrogen-bond donors (Lipinski definition) is 1. The first-order valence-electron chi connectivity index (χ1n) is 11.2. The van der Waals surface area contributed by atoms with Crippen molar-refractivity contribution in [3.05, 3.63) is 64.2 Å². The SMILES string of the molecule is Cc1cc2c(cc1/C=N/NC(=O)Cc1cccc(C(F)(F)F)c1)[C@H](C)CC(C)(C)N2C(C)C. The molecule has 0 fully saturated rings. The van der Waals surface area contributed by atoms with Crippen molar-refractivity contribution in [2.45, 2.75) is 78.1 Å². The van der Waals surface area contributed by atoms with Crippen LogP contribution in [0.15, 0.2) is 41.5 Å². The second-order valence-corrected chi connectivity index (χ2v) is 9.82. The first-order valence-corrected chi connectivity index (χ1v) is 11.2. The van der Waals surface area contributed by atoms with Gasteiger partial charge in [-0.1, -0.05) is 25.1 Å². The van der Waals surface area contributed by atoms with Crippen molar-refractivity contribution < 1.29 is 18.0 Å². The standard InChI is InChI=1S/C26H32F3N3O/c1-16(2)32-23-10-17(3)20(13-22(23)18(4)14-25(32,5)6)15-30-31-24(33)12-19-8-7-9-21(11-19)26(27,28)29/h7-11,13,15-16,18H,12,14H2,1-6H3,(H,31,33)/b30-15+/t18-/m1/s1. The predicted octanol–water partition coefficient (Wildman–Crippen LogP) is 6.21. The Morgan fingerprint density at radius 3 is 2.61 bits per heavy atom. The monoisotopic (exact) mass is 459 g/mol. The first-order chi connectivity index (χ1) is 15.3. The highest BCUT2D eigenvalue weighted by Gasteiger charge is 2.38. The molecule has 2 aromatic carbocycles. The van der Waals surface area contributed by atoms with E-state index in [1.54, 1.807) is 6.21 Å². The van der Waals surface area contributed by atoms with E-state index in [0.29, 0.717) is 12.0 Å². The summed E-state index contributed by atoms with van der Waals surface area (Å²) in [5, 5.41) is 4.07. The first kappa shape index (κ1) is 24.8. The van der Waals surface area contributed by atoms with E-state index in [0.717, 1.165) is 29.7 Å². The molecule has 0 unspecified atom stereocenters. The average Bonchev–Trinajstić information content (AvgIpc) is 2.67. The summed E-state index contributed by atoms with van der Waals surface area (Å²) in [6, 6.07) is 9.44. The van der Waals surface area contributed by atoms with E-state index < -0.39 is 17.6 Å². The molecule has 3 rings (SSSR count). The Balaban J connectivity index is 1.75. The Morgan fingerprint density at radius 1 is 1.27 bits per heavy atom. The van der Waals surface area contributed by atoms with E-state index in [9.17, 15) is 18.0 Å². The molecule has 1 N–H and O–H groups in total. The molecule has 0 saturated carbocycles. The highest BCUT2D eigenvalue weighted by molar-refractivity contribution is 5.86. The van der Waals surface area contributed by atoms with Crippen LogP contribution in [-0.2, 0) is 17.4 Å². The molecule has 0 spiro atoms. The van der Waals surface area contributed by atoms with Gasteiger partial charge in [0.2, 0.25) is 5.91 Å². The van der Waals surface area contributed by atoms with Crippen molar-refractivity contribution in [3.63, 3.8) is 0 Å². The number of carbonyl (C=O) groups excluding carboxylic acids is 1. The van der Waals surface area contributed by atoms with Crippen molar-refractivity contribution >= 4 is 17.8 Å². The topological polar surface area (TPSA) is 44.7 Å². The number of nitrogens with one attached hydrogen (secondary N) is 1. The Labute approximate surface area is 193 Å². The smallest absolute Gasteiger partial charge is 0.364 e. The summed E-state index contributed by atoms with van der Waals surface area (Å²) in [5.74, 6) is -0.0875. The van der Waals surface area contributed by atoms with Crippen LogP contribution in [-0.4, -0.2) is 23.7 Å². The quantitative estimate of drug-likeness (QED) is 0.427. The van der Waals surface area contributed by atoms with Crippen molar-refractivity contribution in [2.24, 2.45) is 5.10 Å². The number of fused-ring (bicyclic) bond motifs is 1. The third-order valence-corrected chi connectivity index (χ3v) is 6.19.